The first kappa shape index (κ1) is 16.0. The molecule has 0 saturated carbocycles. The van der Waals surface area contributed by atoms with Crippen molar-refractivity contribution in [2.75, 3.05) is 6.26 Å². The maximum atomic E-state index is 7.56. The minimum atomic E-state index is 0.184. The van der Waals surface area contributed by atoms with Crippen molar-refractivity contribution in [1.82, 2.24) is 0 Å². The highest BCUT2D eigenvalue weighted by Gasteiger charge is 2.11. The minimum absolute atomic E-state index is 0.184. The Morgan fingerprint density at radius 2 is 1.59 bits per heavy atom. The van der Waals surface area contributed by atoms with Crippen molar-refractivity contribution >= 4 is 18.5 Å². The van der Waals surface area contributed by atoms with Crippen LogP contribution in [0.4, 0.5) is 0 Å². The third kappa shape index (κ3) is 3.77. The van der Waals surface area contributed by atoms with E-state index in [2.05, 4.69) is 39.5 Å². The number of nitrogen functional groups attached to an aromatic ring is 1. The van der Waals surface area contributed by atoms with Gasteiger partial charge < -0.3 is 5.73 Å². The van der Waals surface area contributed by atoms with Crippen molar-refractivity contribution in [3.8, 4) is 0 Å². The van der Waals surface area contributed by atoms with Gasteiger partial charge >= 0.3 is 0 Å². The summed E-state index contributed by atoms with van der Waals surface area (Å²) in [6, 6.07) is 4.09. The smallest absolute Gasteiger partial charge is 0.123 e. The van der Waals surface area contributed by atoms with E-state index < -0.39 is 0 Å². The molecular weight excluding hydrogens is 228 g/mol. The molecule has 0 fully saturated rings. The molecule has 3 heteroatoms. The molecule has 1 aromatic carbocycles. The Morgan fingerprint density at radius 3 is 1.94 bits per heavy atom. The zero-order valence-electron chi connectivity index (χ0n) is 11.3. The van der Waals surface area contributed by atoms with Crippen molar-refractivity contribution in [2.24, 2.45) is 5.73 Å². The number of hydrogen-bond donors (Lipinski definition) is 3. The van der Waals surface area contributed by atoms with Gasteiger partial charge in [0, 0.05) is 5.56 Å². The van der Waals surface area contributed by atoms with E-state index in [0.29, 0.717) is 0 Å². The Hall–Kier alpha value is -0.960. The van der Waals surface area contributed by atoms with E-state index in [9.17, 15) is 0 Å². The second-order valence-corrected chi connectivity index (χ2v) is 3.70. The Labute approximate surface area is 111 Å². The third-order valence-corrected chi connectivity index (χ3v) is 2.91. The second-order valence-electron chi connectivity index (χ2n) is 3.70. The topological polar surface area (TPSA) is 49.9 Å². The van der Waals surface area contributed by atoms with E-state index >= 15 is 0 Å². The number of aryl methyl sites for hydroxylation is 1. The molecule has 0 amide bonds. The van der Waals surface area contributed by atoms with Gasteiger partial charge in [-0.25, -0.2) is 0 Å². The van der Waals surface area contributed by atoms with Gasteiger partial charge in [0.15, 0.2) is 0 Å². The van der Waals surface area contributed by atoms with Crippen molar-refractivity contribution in [2.45, 2.75) is 40.0 Å². The molecule has 0 atom stereocenters. The number of nitrogens with two attached hydrogens (primary N) is 1. The van der Waals surface area contributed by atoms with Crippen molar-refractivity contribution in [1.29, 1.82) is 5.41 Å². The lowest BCUT2D eigenvalue weighted by atomic mass is 9.91. The summed E-state index contributed by atoms with van der Waals surface area (Å²) >= 11 is 3.53. The standard InChI is InChI=1S/C13H20N2.CH4S/c1-4-9-7-8-12(13(14)15)11(6-3)10(9)5-2;1-2/h7-8H,4-6H2,1-3H3,(H3,14,15);2H,1H3. The maximum Gasteiger partial charge on any atom is 0.123 e. The molecule has 0 aliphatic heterocycles. The van der Waals surface area contributed by atoms with Crippen molar-refractivity contribution in [3.63, 3.8) is 0 Å². The van der Waals surface area contributed by atoms with Crippen LogP contribution in [-0.2, 0) is 19.3 Å². The zero-order chi connectivity index (χ0) is 13.4. The Morgan fingerprint density at radius 1 is 1.06 bits per heavy atom. The lowest BCUT2D eigenvalue weighted by Gasteiger charge is -2.15. The number of amidine groups is 1. The minimum Gasteiger partial charge on any atom is -0.384 e. The Kier molecular flexibility index (Phi) is 7.72. The van der Waals surface area contributed by atoms with Gasteiger partial charge in [-0.15, -0.1) is 0 Å². The fourth-order valence-electron chi connectivity index (χ4n) is 2.17. The molecule has 1 rings (SSSR count). The molecule has 0 aromatic heterocycles. The summed E-state index contributed by atoms with van der Waals surface area (Å²) in [5.41, 5.74) is 10.5. The van der Waals surface area contributed by atoms with Crippen LogP contribution in [0, 0.1) is 5.41 Å². The predicted octanol–water partition coefficient (Wildman–Crippen LogP) is 3.20. The molecule has 0 aliphatic carbocycles. The van der Waals surface area contributed by atoms with E-state index in [4.69, 9.17) is 11.1 Å². The maximum absolute atomic E-state index is 7.56. The van der Waals surface area contributed by atoms with Gasteiger partial charge in [0.05, 0.1) is 0 Å². The summed E-state index contributed by atoms with van der Waals surface area (Å²) in [5, 5.41) is 7.56. The molecule has 0 unspecified atom stereocenters. The van der Waals surface area contributed by atoms with E-state index in [1.807, 2.05) is 6.07 Å². The highest BCUT2D eigenvalue weighted by Crippen LogP contribution is 2.21. The van der Waals surface area contributed by atoms with Gasteiger partial charge in [0.2, 0.25) is 0 Å². The Balaban J connectivity index is 0.00000121. The first-order chi connectivity index (χ1) is 8.15. The van der Waals surface area contributed by atoms with E-state index in [-0.39, 0.29) is 5.84 Å². The summed E-state index contributed by atoms with van der Waals surface area (Å²) in [5.74, 6) is 0.184. The van der Waals surface area contributed by atoms with E-state index in [1.165, 1.54) is 16.7 Å². The molecule has 0 aliphatic rings. The predicted molar refractivity (Wildman–Crippen MR) is 80.5 cm³/mol. The van der Waals surface area contributed by atoms with E-state index in [1.54, 1.807) is 6.26 Å². The molecule has 0 bridgehead atoms. The van der Waals surface area contributed by atoms with Crippen LogP contribution in [0.5, 0.6) is 0 Å². The SMILES string of the molecule is CCc1ccc(C(=N)N)c(CC)c1CC.CS. The molecule has 0 heterocycles. The van der Waals surface area contributed by atoms with Gasteiger partial charge in [-0.05, 0) is 42.2 Å². The summed E-state index contributed by atoms with van der Waals surface area (Å²) in [6.45, 7) is 6.46. The highest BCUT2D eigenvalue weighted by atomic mass is 32.1. The van der Waals surface area contributed by atoms with Gasteiger partial charge in [-0.3, -0.25) is 5.41 Å². The van der Waals surface area contributed by atoms with Crippen LogP contribution in [0.3, 0.4) is 0 Å². The van der Waals surface area contributed by atoms with E-state index in [0.717, 1.165) is 24.8 Å². The molecule has 0 saturated heterocycles. The lowest BCUT2D eigenvalue weighted by molar-refractivity contribution is 0.976. The number of benzene rings is 1. The molecule has 2 nitrogen and oxygen atoms in total. The van der Waals surface area contributed by atoms with Crippen LogP contribution in [0.15, 0.2) is 12.1 Å². The summed E-state index contributed by atoms with van der Waals surface area (Å²) in [7, 11) is 0. The zero-order valence-corrected chi connectivity index (χ0v) is 12.2. The number of thiol groups is 1. The second kappa shape index (κ2) is 8.18. The van der Waals surface area contributed by atoms with Gasteiger partial charge in [-0.1, -0.05) is 32.9 Å². The summed E-state index contributed by atoms with van der Waals surface area (Å²) in [4.78, 5) is 0. The number of nitrogens with one attached hydrogen (secondary N) is 1. The molecule has 3 N–H and O–H groups in total. The fraction of sp³-hybridized carbons (Fsp3) is 0.500. The summed E-state index contributed by atoms with van der Waals surface area (Å²) < 4.78 is 0. The van der Waals surface area contributed by atoms with Crippen molar-refractivity contribution in [3.05, 3.63) is 34.4 Å². The first-order valence-corrected chi connectivity index (χ1v) is 6.97. The Bertz CT molecular complexity index is 373. The van der Waals surface area contributed by atoms with Crippen LogP contribution in [0.25, 0.3) is 0 Å². The fourth-order valence-corrected chi connectivity index (χ4v) is 2.17. The molecule has 0 spiro atoms. The van der Waals surface area contributed by atoms with Crippen LogP contribution in [0.1, 0.15) is 43.0 Å². The largest absolute Gasteiger partial charge is 0.384 e. The normalized spacial score (nSPS) is 9.47. The molecule has 0 radical (unpaired) electrons. The quantitative estimate of drug-likeness (QED) is 0.430. The average Bonchev–Trinajstić information content (AvgIpc) is 2.38. The molecule has 1 aromatic rings. The lowest BCUT2D eigenvalue weighted by Crippen LogP contribution is -2.15. The van der Waals surface area contributed by atoms with Crippen molar-refractivity contribution < 1.29 is 0 Å². The number of hydrogen-bond acceptors (Lipinski definition) is 2. The third-order valence-electron chi connectivity index (χ3n) is 2.91. The van der Waals surface area contributed by atoms with Crippen LogP contribution < -0.4 is 5.73 Å². The summed E-state index contributed by atoms with van der Waals surface area (Å²) in [6.07, 6.45) is 4.72. The first-order valence-electron chi connectivity index (χ1n) is 6.08. The van der Waals surface area contributed by atoms with Crippen LogP contribution >= 0.6 is 12.6 Å². The van der Waals surface area contributed by atoms with Crippen LogP contribution in [0.2, 0.25) is 0 Å². The van der Waals surface area contributed by atoms with Gasteiger partial charge in [-0.2, -0.15) is 12.6 Å². The van der Waals surface area contributed by atoms with Gasteiger partial charge in [0.1, 0.15) is 5.84 Å². The highest BCUT2D eigenvalue weighted by molar-refractivity contribution is 7.79. The number of rotatable bonds is 4. The molecule has 96 valence electrons. The monoisotopic (exact) mass is 252 g/mol. The average molecular weight is 252 g/mol. The molecule has 17 heavy (non-hydrogen) atoms. The molecular formula is C14H24N2S. The van der Waals surface area contributed by atoms with Crippen LogP contribution in [-0.4, -0.2) is 12.1 Å². The van der Waals surface area contributed by atoms with Gasteiger partial charge in [0.25, 0.3) is 0 Å².